The molecule has 0 amide bonds. The Bertz CT molecular complexity index is 1620. The van der Waals surface area contributed by atoms with Crippen LogP contribution >= 0.6 is 0 Å². The molecule has 6 aromatic rings. The first-order valence-corrected chi connectivity index (χ1v) is 12.9. The molecule has 0 N–H and O–H groups in total. The summed E-state index contributed by atoms with van der Waals surface area (Å²) in [6.07, 6.45) is 0. The van der Waals surface area contributed by atoms with E-state index >= 15 is 0 Å². The molecule has 0 aliphatic rings. The SMILES string of the molecule is Cn1nc(-c2cccc(C(C)(C)c3cccc(-c4[c-]c(-c5ccccc5)n(C)n4)n3)n2)[c-]c1-c1ccccc1.[Pt+2]. The van der Waals surface area contributed by atoms with Gasteiger partial charge in [-0.3, -0.25) is 9.36 Å². The Morgan fingerprint density at radius 3 is 1.35 bits per heavy atom. The third kappa shape index (κ3) is 5.19. The first kappa shape index (κ1) is 27.4. The molecule has 0 radical (unpaired) electrons. The molecule has 0 aliphatic heterocycles. The molecule has 4 aromatic heterocycles. The minimum atomic E-state index is -0.458. The van der Waals surface area contributed by atoms with Gasteiger partial charge in [-0.1, -0.05) is 71.8 Å². The summed E-state index contributed by atoms with van der Waals surface area (Å²) >= 11 is 0. The predicted octanol–water partition coefficient (Wildman–Crippen LogP) is 6.54. The molecular formula is C33H28N6Pt. The number of hydrogen-bond acceptors (Lipinski definition) is 4. The molecule has 0 aliphatic carbocycles. The van der Waals surface area contributed by atoms with Crippen LogP contribution < -0.4 is 0 Å². The van der Waals surface area contributed by atoms with E-state index in [0.29, 0.717) is 11.4 Å². The maximum atomic E-state index is 5.02. The zero-order chi connectivity index (χ0) is 27.0. The van der Waals surface area contributed by atoms with Gasteiger partial charge in [0.2, 0.25) is 0 Å². The van der Waals surface area contributed by atoms with Crippen molar-refractivity contribution in [3.05, 3.63) is 121 Å². The van der Waals surface area contributed by atoms with Crippen molar-refractivity contribution < 1.29 is 21.1 Å². The minimum Gasteiger partial charge on any atom is -0.314 e. The smallest absolute Gasteiger partial charge is 0.314 e. The van der Waals surface area contributed by atoms with Crippen molar-refractivity contribution in [1.29, 1.82) is 0 Å². The van der Waals surface area contributed by atoms with Gasteiger partial charge in [-0.2, -0.15) is 0 Å². The average Bonchev–Trinajstić information content (AvgIpc) is 3.57. The van der Waals surface area contributed by atoms with Gasteiger partial charge in [0.05, 0.1) is 0 Å². The number of aromatic nitrogens is 6. The third-order valence-electron chi connectivity index (χ3n) is 6.98. The van der Waals surface area contributed by atoms with Crippen LogP contribution in [0, 0.1) is 12.1 Å². The molecule has 0 saturated carbocycles. The molecule has 200 valence electrons. The van der Waals surface area contributed by atoms with Crippen molar-refractivity contribution in [2.75, 3.05) is 0 Å². The molecular weight excluding hydrogens is 675 g/mol. The standard InChI is InChI=1S/C33H28N6.Pt/c1-33(2,31-19-11-17-25(34-31)27-21-29(38(3)36-27)23-13-7-5-8-14-23)32-20-12-18-26(35-32)28-22-30(39(4)37-28)24-15-9-6-10-16-24;/h5-20H,1-4H3;/q-2;+2. The maximum absolute atomic E-state index is 5.02. The molecule has 2 aromatic carbocycles. The van der Waals surface area contributed by atoms with Crippen LogP contribution in [0.3, 0.4) is 0 Å². The minimum absolute atomic E-state index is 0. The van der Waals surface area contributed by atoms with Gasteiger partial charge in [0, 0.05) is 30.9 Å². The van der Waals surface area contributed by atoms with Gasteiger partial charge >= 0.3 is 21.1 Å². The molecule has 40 heavy (non-hydrogen) atoms. The summed E-state index contributed by atoms with van der Waals surface area (Å²) in [7, 11) is 3.87. The van der Waals surface area contributed by atoms with E-state index in [-0.39, 0.29) is 21.1 Å². The van der Waals surface area contributed by atoms with E-state index in [2.05, 4.69) is 50.2 Å². The molecule has 6 nitrogen and oxygen atoms in total. The first-order chi connectivity index (χ1) is 18.9. The Morgan fingerprint density at radius 1 is 0.550 bits per heavy atom. The van der Waals surface area contributed by atoms with Crippen molar-refractivity contribution >= 4 is 0 Å². The summed E-state index contributed by atoms with van der Waals surface area (Å²) in [5, 5.41) is 9.42. The van der Waals surface area contributed by atoms with Crippen LogP contribution in [-0.2, 0) is 40.6 Å². The Kier molecular flexibility index (Phi) is 7.64. The Hall–Kier alpha value is -4.15. The van der Waals surface area contributed by atoms with Crippen molar-refractivity contribution in [2.24, 2.45) is 14.1 Å². The summed E-state index contributed by atoms with van der Waals surface area (Å²) in [5.74, 6) is 0. The molecule has 0 spiro atoms. The molecule has 6 rings (SSSR count). The zero-order valence-corrected chi connectivity index (χ0v) is 25.0. The molecule has 0 fully saturated rings. The number of nitrogens with zero attached hydrogens (tertiary/aromatic N) is 6. The summed E-state index contributed by atoms with van der Waals surface area (Å²) in [5.41, 5.74) is 8.32. The zero-order valence-electron chi connectivity index (χ0n) is 22.7. The van der Waals surface area contributed by atoms with Crippen LogP contribution in [0.5, 0.6) is 0 Å². The largest absolute Gasteiger partial charge is 2.00 e. The van der Waals surface area contributed by atoms with E-state index in [9.17, 15) is 0 Å². The van der Waals surface area contributed by atoms with Crippen LogP contribution in [0.2, 0.25) is 0 Å². The van der Waals surface area contributed by atoms with Gasteiger partial charge in [-0.05, 0) is 60.1 Å². The van der Waals surface area contributed by atoms with E-state index in [0.717, 1.165) is 45.3 Å². The predicted molar refractivity (Wildman–Crippen MR) is 154 cm³/mol. The third-order valence-corrected chi connectivity index (χ3v) is 6.98. The van der Waals surface area contributed by atoms with Gasteiger partial charge < -0.3 is 9.97 Å². The number of hydrogen-bond donors (Lipinski definition) is 0. The molecule has 0 saturated heterocycles. The van der Waals surface area contributed by atoms with Crippen LogP contribution in [0.1, 0.15) is 25.2 Å². The average molecular weight is 704 g/mol. The van der Waals surface area contributed by atoms with Gasteiger partial charge in [-0.25, -0.2) is 10.2 Å². The quantitative estimate of drug-likeness (QED) is 0.185. The number of benzene rings is 2. The second kappa shape index (κ2) is 11.1. The normalized spacial score (nSPS) is 11.3. The molecule has 4 heterocycles. The van der Waals surface area contributed by atoms with Gasteiger partial charge in [0.25, 0.3) is 0 Å². The maximum Gasteiger partial charge on any atom is 2.00 e. The van der Waals surface area contributed by atoms with Crippen molar-refractivity contribution in [2.45, 2.75) is 19.3 Å². The second-order valence-electron chi connectivity index (χ2n) is 10.1. The van der Waals surface area contributed by atoms with Crippen LogP contribution in [0.4, 0.5) is 0 Å². The summed E-state index contributed by atoms with van der Waals surface area (Å²) in [6, 6.07) is 39.3. The summed E-state index contributed by atoms with van der Waals surface area (Å²) in [4.78, 5) is 10.0. The Morgan fingerprint density at radius 2 is 0.950 bits per heavy atom. The Labute approximate surface area is 249 Å². The van der Waals surface area contributed by atoms with Gasteiger partial charge in [0.1, 0.15) is 0 Å². The summed E-state index contributed by atoms with van der Waals surface area (Å²) in [6.45, 7) is 4.28. The van der Waals surface area contributed by atoms with Gasteiger partial charge in [-0.15, -0.1) is 36.4 Å². The van der Waals surface area contributed by atoms with Crippen LogP contribution in [0.25, 0.3) is 45.3 Å². The molecule has 7 heteroatoms. The second-order valence-corrected chi connectivity index (χ2v) is 10.1. The van der Waals surface area contributed by atoms with Crippen LogP contribution in [0.15, 0.2) is 97.1 Å². The van der Waals surface area contributed by atoms with Crippen molar-refractivity contribution in [3.63, 3.8) is 0 Å². The molecule has 0 atom stereocenters. The Balaban J connectivity index is 0.00000323. The van der Waals surface area contributed by atoms with Crippen LogP contribution in [-0.4, -0.2) is 29.5 Å². The van der Waals surface area contributed by atoms with Gasteiger partial charge in [0.15, 0.2) is 0 Å². The monoisotopic (exact) mass is 703 g/mol. The number of aryl methyl sites for hydroxylation is 2. The van der Waals surface area contributed by atoms with Crippen molar-refractivity contribution in [3.8, 4) is 45.3 Å². The van der Waals surface area contributed by atoms with E-state index < -0.39 is 5.41 Å². The van der Waals surface area contributed by atoms with E-state index in [1.807, 2.05) is 96.3 Å². The summed E-state index contributed by atoms with van der Waals surface area (Å²) < 4.78 is 3.70. The molecule has 0 bridgehead atoms. The fraction of sp³-hybridized carbons (Fsp3) is 0.152. The van der Waals surface area contributed by atoms with E-state index in [1.54, 1.807) is 0 Å². The fourth-order valence-electron chi connectivity index (χ4n) is 4.74. The number of pyridine rings is 2. The van der Waals surface area contributed by atoms with Crippen molar-refractivity contribution in [1.82, 2.24) is 29.5 Å². The van der Waals surface area contributed by atoms with E-state index in [4.69, 9.17) is 20.2 Å². The first-order valence-electron chi connectivity index (χ1n) is 12.9. The number of rotatable bonds is 6. The fourth-order valence-corrected chi connectivity index (χ4v) is 4.74. The molecule has 0 unspecified atom stereocenters. The topological polar surface area (TPSA) is 61.4 Å². The van der Waals surface area contributed by atoms with E-state index in [1.165, 1.54) is 0 Å².